The third kappa shape index (κ3) is 4.95. The highest BCUT2D eigenvalue weighted by molar-refractivity contribution is 5.97. The topological polar surface area (TPSA) is 83.2 Å². The van der Waals surface area contributed by atoms with Crippen LogP contribution in [-0.4, -0.2) is 29.9 Å². The van der Waals surface area contributed by atoms with Gasteiger partial charge < -0.3 is 20.4 Å². The predicted molar refractivity (Wildman–Crippen MR) is 121 cm³/mol. The highest BCUT2D eigenvalue weighted by atomic mass is 19.1. The highest BCUT2D eigenvalue weighted by Gasteiger charge is 2.14. The summed E-state index contributed by atoms with van der Waals surface area (Å²) in [7, 11) is 0. The van der Waals surface area contributed by atoms with Gasteiger partial charge in [-0.1, -0.05) is 42.5 Å². The van der Waals surface area contributed by atoms with Crippen LogP contribution in [0.5, 0.6) is 5.75 Å². The van der Waals surface area contributed by atoms with E-state index in [0.717, 1.165) is 16.5 Å². The van der Waals surface area contributed by atoms with Crippen LogP contribution in [0.1, 0.15) is 15.9 Å². The average Bonchev–Trinajstić information content (AvgIpc) is 3.22. The molecule has 0 unspecified atom stereocenters. The minimum atomic E-state index is -0.532. The van der Waals surface area contributed by atoms with Crippen molar-refractivity contribution in [1.29, 1.82) is 0 Å². The number of para-hydroxylation sites is 3. The Morgan fingerprint density at radius 1 is 0.938 bits per heavy atom. The summed E-state index contributed by atoms with van der Waals surface area (Å²) in [5.41, 5.74) is 2.58. The molecule has 0 radical (unpaired) electrons. The molecule has 2 amide bonds. The van der Waals surface area contributed by atoms with Gasteiger partial charge in [0, 0.05) is 23.6 Å². The Hall–Kier alpha value is -4.13. The van der Waals surface area contributed by atoms with Crippen LogP contribution in [0.25, 0.3) is 10.9 Å². The van der Waals surface area contributed by atoms with E-state index in [0.29, 0.717) is 18.5 Å². The zero-order valence-electron chi connectivity index (χ0n) is 17.2. The Kier molecular flexibility index (Phi) is 6.46. The Morgan fingerprint density at radius 2 is 1.69 bits per heavy atom. The quantitative estimate of drug-likeness (QED) is 0.389. The summed E-state index contributed by atoms with van der Waals surface area (Å²) in [6.07, 6.45) is 2.62. The van der Waals surface area contributed by atoms with Crippen LogP contribution in [-0.2, 0) is 11.2 Å². The van der Waals surface area contributed by atoms with Gasteiger partial charge in [0.25, 0.3) is 11.8 Å². The number of hydrogen-bond donors (Lipinski definition) is 3. The summed E-state index contributed by atoms with van der Waals surface area (Å²) in [6.45, 7) is 0.0940. The number of ether oxygens (including phenoxy) is 1. The van der Waals surface area contributed by atoms with Gasteiger partial charge in [-0.05, 0) is 42.3 Å². The molecule has 4 rings (SSSR count). The first-order valence-electron chi connectivity index (χ1n) is 10.2. The molecule has 3 aromatic carbocycles. The Labute approximate surface area is 184 Å². The number of fused-ring (bicyclic) bond motifs is 1. The molecule has 4 aromatic rings. The van der Waals surface area contributed by atoms with E-state index in [2.05, 4.69) is 15.6 Å². The fourth-order valence-corrected chi connectivity index (χ4v) is 3.42. The molecule has 0 spiro atoms. The number of halogens is 1. The van der Waals surface area contributed by atoms with Crippen molar-refractivity contribution in [2.24, 2.45) is 0 Å². The minimum absolute atomic E-state index is 0.0735. The maximum atomic E-state index is 13.7. The van der Waals surface area contributed by atoms with E-state index in [9.17, 15) is 14.0 Å². The summed E-state index contributed by atoms with van der Waals surface area (Å²) in [5.74, 6) is -1.07. The minimum Gasteiger partial charge on any atom is -0.483 e. The zero-order valence-corrected chi connectivity index (χ0v) is 17.2. The van der Waals surface area contributed by atoms with E-state index in [1.165, 1.54) is 18.2 Å². The maximum Gasteiger partial charge on any atom is 0.262 e. The Morgan fingerprint density at radius 3 is 2.56 bits per heavy atom. The van der Waals surface area contributed by atoms with Gasteiger partial charge in [0.05, 0.1) is 11.3 Å². The zero-order chi connectivity index (χ0) is 22.3. The van der Waals surface area contributed by atoms with Crippen LogP contribution in [0.3, 0.4) is 0 Å². The first-order valence-corrected chi connectivity index (χ1v) is 10.2. The highest BCUT2D eigenvalue weighted by Crippen LogP contribution is 2.20. The van der Waals surface area contributed by atoms with Gasteiger partial charge in [-0.15, -0.1) is 0 Å². The number of hydrogen-bond acceptors (Lipinski definition) is 3. The lowest BCUT2D eigenvalue weighted by atomic mass is 10.1. The van der Waals surface area contributed by atoms with E-state index in [4.69, 9.17) is 4.74 Å². The molecule has 1 aromatic heterocycles. The summed E-state index contributed by atoms with van der Waals surface area (Å²) in [4.78, 5) is 28.0. The van der Waals surface area contributed by atoms with Gasteiger partial charge in [0.1, 0.15) is 11.6 Å². The van der Waals surface area contributed by atoms with Crippen LogP contribution in [0.2, 0.25) is 0 Å². The lowest BCUT2D eigenvalue weighted by molar-refractivity contribution is -0.118. The maximum absolute atomic E-state index is 13.7. The smallest absolute Gasteiger partial charge is 0.262 e. The van der Waals surface area contributed by atoms with Crippen LogP contribution < -0.4 is 15.4 Å². The second-order valence-corrected chi connectivity index (χ2v) is 7.18. The fraction of sp³-hybridized carbons (Fsp3) is 0.120. The third-order valence-electron chi connectivity index (χ3n) is 4.99. The average molecular weight is 431 g/mol. The van der Waals surface area contributed by atoms with Crippen molar-refractivity contribution >= 4 is 28.4 Å². The number of nitrogens with one attached hydrogen (secondary N) is 3. The third-order valence-corrected chi connectivity index (χ3v) is 4.99. The fourth-order valence-electron chi connectivity index (χ4n) is 3.42. The molecular weight excluding hydrogens is 409 g/mol. The lowest BCUT2D eigenvalue weighted by Gasteiger charge is -2.12. The largest absolute Gasteiger partial charge is 0.483 e. The normalized spacial score (nSPS) is 10.7. The standard InChI is InChI=1S/C25H22FN3O3/c26-20-9-3-5-11-22(20)29-24(30)16-32-23-12-6-2-8-19(23)25(31)27-14-13-17-15-28-21-10-4-1-7-18(17)21/h1-12,15,28H,13-14,16H2,(H,27,31)(H,29,30). The molecule has 0 fully saturated rings. The summed E-state index contributed by atoms with van der Waals surface area (Å²) < 4.78 is 19.2. The molecule has 3 N–H and O–H groups in total. The number of rotatable bonds is 8. The van der Waals surface area contributed by atoms with E-state index in [-0.39, 0.29) is 24.0 Å². The van der Waals surface area contributed by atoms with Crippen LogP contribution in [0.15, 0.2) is 79.0 Å². The van der Waals surface area contributed by atoms with Crippen molar-refractivity contribution in [2.75, 3.05) is 18.5 Å². The van der Waals surface area contributed by atoms with Crippen LogP contribution in [0.4, 0.5) is 10.1 Å². The molecule has 6 nitrogen and oxygen atoms in total. The Bertz CT molecular complexity index is 1250. The number of amides is 2. The van der Waals surface area contributed by atoms with Crippen molar-refractivity contribution in [2.45, 2.75) is 6.42 Å². The van der Waals surface area contributed by atoms with Gasteiger partial charge in [0.2, 0.25) is 0 Å². The van der Waals surface area contributed by atoms with Gasteiger partial charge in [-0.3, -0.25) is 9.59 Å². The van der Waals surface area contributed by atoms with Crippen LogP contribution >= 0.6 is 0 Å². The summed E-state index contributed by atoms with van der Waals surface area (Å²) in [5, 5.41) is 6.48. The van der Waals surface area contributed by atoms with E-state index in [1.807, 2.05) is 30.5 Å². The Balaban J connectivity index is 1.33. The molecule has 0 atom stereocenters. The molecule has 0 aliphatic rings. The monoisotopic (exact) mass is 431 g/mol. The molecule has 7 heteroatoms. The van der Waals surface area contributed by atoms with Crippen molar-refractivity contribution < 1.29 is 18.7 Å². The lowest BCUT2D eigenvalue weighted by Crippen LogP contribution is -2.27. The molecule has 0 bridgehead atoms. The van der Waals surface area contributed by atoms with Crippen LogP contribution in [0, 0.1) is 5.82 Å². The number of H-pyrrole nitrogens is 1. The van der Waals surface area contributed by atoms with Crippen molar-refractivity contribution in [3.8, 4) is 5.75 Å². The number of benzene rings is 3. The number of carbonyl (C=O) groups is 2. The van der Waals surface area contributed by atoms with Gasteiger partial charge in [-0.2, -0.15) is 0 Å². The SMILES string of the molecule is O=C(COc1ccccc1C(=O)NCCc1c[nH]c2ccccc12)Nc1ccccc1F. The van der Waals surface area contributed by atoms with Gasteiger partial charge in [0.15, 0.2) is 6.61 Å². The van der Waals surface area contributed by atoms with Gasteiger partial charge in [-0.25, -0.2) is 4.39 Å². The molecule has 0 saturated carbocycles. The second kappa shape index (κ2) is 9.78. The summed E-state index contributed by atoms with van der Waals surface area (Å²) in [6, 6.07) is 20.6. The van der Waals surface area contributed by atoms with Crippen molar-refractivity contribution in [3.05, 3.63) is 95.9 Å². The van der Waals surface area contributed by atoms with Crippen molar-refractivity contribution in [3.63, 3.8) is 0 Å². The number of anilines is 1. The molecule has 162 valence electrons. The second-order valence-electron chi connectivity index (χ2n) is 7.18. The molecule has 32 heavy (non-hydrogen) atoms. The van der Waals surface area contributed by atoms with E-state index < -0.39 is 11.7 Å². The number of carbonyl (C=O) groups excluding carboxylic acids is 2. The number of aromatic amines is 1. The van der Waals surface area contributed by atoms with E-state index >= 15 is 0 Å². The summed E-state index contributed by atoms with van der Waals surface area (Å²) >= 11 is 0. The molecule has 0 saturated heterocycles. The van der Waals surface area contributed by atoms with E-state index in [1.54, 1.807) is 30.3 Å². The molecule has 1 heterocycles. The molecular formula is C25H22FN3O3. The molecule has 0 aliphatic carbocycles. The van der Waals surface area contributed by atoms with Crippen molar-refractivity contribution in [1.82, 2.24) is 10.3 Å². The molecule has 0 aliphatic heterocycles. The van der Waals surface area contributed by atoms with Gasteiger partial charge >= 0.3 is 0 Å². The number of aromatic nitrogens is 1. The first kappa shape index (κ1) is 21.1. The predicted octanol–water partition coefficient (Wildman–Crippen LogP) is 4.30. The first-order chi connectivity index (χ1) is 15.6.